The summed E-state index contributed by atoms with van der Waals surface area (Å²) < 4.78 is 29.3. The van der Waals surface area contributed by atoms with Gasteiger partial charge in [0.15, 0.2) is 17.2 Å². The zero-order chi connectivity index (χ0) is 18.8. The molecular weight excluding hydrogens is 351 g/mol. The Morgan fingerprint density at radius 2 is 1.93 bits per heavy atom. The number of aromatic nitrogens is 1. The third-order valence-corrected chi connectivity index (χ3v) is 3.83. The number of nitrogens with one attached hydrogen (secondary N) is 1. The van der Waals surface area contributed by atoms with Crippen molar-refractivity contribution in [3.63, 3.8) is 0 Å². The van der Waals surface area contributed by atoms with Gasteiger partial charge < -0.3 is 18.9 Å². The number of rotatable bonds is 5. The number of anilines is 1. The van der Waals surface area contributed by atoms with Gasteiger partial charge in [0.25, 0.3) is 5.91 Å². The molecule has 4 rings (SSSR count). The number of carbonyl (C=O) groups excluding carboxylic acids is 1. The van der Waals surface area contributed by atoms with Crippen molar-refractivity contribution in [2.45, 2.75) is 13.5 Å². The van der Waals surface area contributed by atoms with Gasteiger partial charge in [0.1, 0.15) is 29.5 Å². The Morgan fingerprint density at radius 1 is 1.11 bits per heavy atom. The third-order valence-electron chi connectivity index (χ3n) is 3.83. The smallest absolute Gasteiger partial charge is 0.291 e. The second-order valence-electron chi connectivity index (χ2n) is 5.88. The van der Waals surface area contributed by atoms with Gasteiger partial charge in [0.05, 0.1) is 0 Å². The lowest BCUT2D eigenvalue weighted by Crippen LogP contribution is -2.10. The summed E-state index contributed by atoms with van der Waals surface area (Å²) in [5.41, 5.74) is 1.91. The predicted molar refractivity (Wildman–Crippen MR) is 96.1 cm³/mol. The van der Waals surface area contributed by atoms with Crippen LogP contribution >= 0.6 is 0 Å². The van der Waals surface area contributed by atoms with Crippen LogP contribution in [-0.2, 0) is 6.61 Å². The van der Waals surface area contributed by atoms with Gasteiger partial charge >= 0.3 is 0 Å². The topological polar surface area (TPSA) is 77.5 Å². The maximum atomic E-state index is 12.9. The largest absolute Gasteiger partial charge is 0.486 e. The molecule has 1 N–H and O–H groups in total. The number of oxazole rings is 1. The predicted octanol–water partition coefficient (Wildman–Crippen LogP) is 4.70. The first-order valence-electron chi connectivity index (χ1n) is 8.22. The molecule has 27 heavy (non-hydrogen) atoms. The van der Waals surface area contributed by atoms with E-state index >= 15 is 0 Å². The Morgan fingerprint density at radius 3 is 2.74 bits per heavy atom. The number of carbonyl (C=O) groups is 1. The van der Waals surface area contributed by atoms with Gasteiger partial charge in [-0.25, -0.2) is 9.37 Å². The van der Waals surface area contributed by atoms with Gasteiger partial charge in [-0.05, 0) is 54.6 Å². The summed E-state index contributed by atoms with van der Waals surface area (Å²) in [6.07, 6.45) is 0. The second-order valence-corrected chi connectivity index (χ2v) is 5.88. The van der Waals surface area contributed by atoms with Gasteiger partial charge in [-0.2, -0.15) is 0 Å². The van der Waals surface area contributed by atoms with E-state index in [2.05, 4.69) is 10.3 Å². The molecule has 2 heterocycles. The Kier molecular flexibility index (Phi) is 4.33. The standard InChI is InChI=1S/C20H15FN2O4/c1-12-22-17-10-14(4-8-18(17)26-12)23-20(24)19-9-7-16(27-19)11-25-15-5-2-13(21)3-6-15/h2-10H,11H2,1H3,(H,23,24). The number of hydrogen-bond donors (Lipinski definition) is 1. The minimum Gasteiger partial charge on any atom is -0.486 e. The lowest BCUT2D eigenvalue weighted by Gasteiger charge is -2.04. The summed E-state index contributed by atoms with van der Waals surface area (Å²) in [6, 6.07) is 14.1. The molecule has 2 aromatic carbocycles. The van der Waals surface area contributed by atoms with Crippen molar-refractivity contribution < 1.29 is 22.8 Å². The van der Waals surface area contributed by atoms with E-state index in [-0.39, 0.29) is 24.1 Å². The second kappa shape index (κ2) is 6.95. The number of benzene rings is 2. The summed E-state index contributed by atoms with van der Waals surface area (Å²) in [6.45, 7) is 1.89. The fourth-order valence-electron chi connectivity index (χ4n) is 2.58. The molecule has 0 aliphatic rings. The summed E-state index contributed by atoms with van der Waals surface area (Å²) in [4.78, 5) is 16.6. The molecule has 0 aliphatic carbocycles. The molecule has 0 unspecified atom stereocenters. The number of fused-ring (bicyclic) bond motifs is 1. The molecule has 4 aromatic rings. The van der Waals surface area contributed by atoms with E-state index < -0.39 is 0 Å². The monoisotopic (exact) mass is 366 g/mol. The Balaban J connectivity index is 1.40. The number of ether oxygens (including phenoxy) is 1. The fraction of sp³-hybridized carbons (Fsp3) is 0.100. The number of halogens is 1. The van der Waals surface area contributed by atoms with Gasteiger partial charge in [-0.15, -0.1) is 0 Å². The van der Waals surface area contributed by atoms with Crippen LogP contribution in [0.2, 0.25) is 0 Å². The molecule has 136 valence electrons. The highest BCUT2D eigenvalue weighted by Gasteiger charge is 2.13. The Labute approximate surface area is 153 Å². The molecule has 0 atom stereocenters. The maximum Gasteiger partial charge on any atom is 0.291 e. The van der Waals surface area contributed by atoms with Gasteiger partial charge in [0, 0.05) is 12.6 Å². The van der Waals surface area contributed by atoms with Crippen LogP contribution < -0.4 is 10.1 Å². The summed E-state index contributed by atoms with van der Waals surface area (Å²) >= 11 is 0. The Bertz CT molecular complexity index is 1100. The summed E-state index contributed by atoms with van der Waals surface area (Å²) in [7, 11) is 0. The molecule has 2 aromatic heterocycles. The van der Waals surface area contributed by atoms with Crippen LogP contribution in [0.5, 0.6) is 5.75 Å². The van der Waals surface area contributed by atoms with E-state index in [0.29, 0.717) is 34.2 Å². The highest BCUT2D eigenvalue weighted by Crippen LogP contribution is 2.21. The van der Waals surface area contributed by atoms with E-state index in [9.17, 15) is 9.18 Å². The first-order chi connectivity index (χ1) is 13.1. The van der Waals surface area contributed by atoms with Crippen LogP contribution in [0.25, 0.3) is 11.1 Å². The number of nitrogens with zero attached hydrogens (tertiary/aromatic N) is 1. The SMILES string of the molecule is Cc1nc2cc(NC(=O)c3ccc(COc4ccc(F)cc4)o3)ccc2o1. The molecule has 1 amide bonds. The van der Waals surface area contributed by atoms with Gasteiger partial charge in [0.2, 0.25) is 0 Å². The normalized spacial score (nSPS) is 10.9. The third kappa shape index (κ3) is 3.82. The molecule has 0 saturated heterocycles. The van der Waals surface area contributed by atoms with Crippen molar-refractivity contribution in [2.24, 2.45) is 0 Å². The van der Waals surface area contributed by atoms with E-state index in [1.807, 2.05) is 0 Å². The maximum absolute atomic E-state index is 12.9. The molecule has 6 nitrogen and oxygen atoms in total. The molecule has 0 spiro atoms. The number of furan rings is 1. The molecule has 0 bridgehead atoms. The molecule has 0 aliphatic heterocycles. The van der Waals surface area contributed by atoms with E-state index in [1.165, 1.54) is 24.3 Å². The highest BCUT2D eigenvalue weighted by molar-refractivity contribution is 6.03. The number of aryl methyl sites for hydroxylation is 1. The van der Waals surface area contributed by atoms with Gasteiger partial charge in [-0.3, -0.25) is 4.79 Å². The van der Waals surface area contributed by atoms with Crippen LogP contribution in [-0.4, -0.2) is 10.9 Å². The highest BCUT2D eigenvalue weighted by atomic mass is 19.1. The van der Waals surface area contributed by atoms with Crippen molar-refractivity contribution in [1.82, 2.24) is 4.98 Å². The lowest BCUT2D eigenvalue weighted by atomic mass is 10.3. The zero-order valence-electron chi connectivity index (χ0n) is 14.4. The number of hydrogen-bond acceptors (Lipinski definition) is 5. The fourth-order valence-corrected chi connectivity index (χ4v) is 2.58. The summed E-state index contributed by atoms with van der Waals surface area (Å²) in [5, 5.41) is 2.76. The summed E-state index contributed by atoms with van der Waals surface area (Å²) in [5.74, 6) is 0.984. The van der Waals surface area contributed by atoms with Crippen molar-refractivity contribution in [3.8, 4) is 5.75 Å². The molecule has 0 saturated carbocycles. The average molecular weight is 366 g/mol. The van der Waals surface area contributed by atoms with E-state index in [4.69, 9.17) is 13.6 Å². The molecule has 0 radical (unpaired) electrons. The Hall–Kier alpha value is -3.61. The first kappa shape index (κ1) is 16.8. The zero-order valence-corrected chi connectivity index (χ0v) is 14.4. The number of amides is 1. The van der Waals surface area contributed by atoms with E-state index in [0.717, 1.165) is 0 Å². The van der Waals surface area contributed by atoms with Crippen molar-refractivity contribution in [2.75, 3.05) is 5.32 Å². The lowest BCUT2D eigenvalue weighted by molar-refractivity contribution is 0.0992. The van der Waals surface area contributed by atoms with Crippen LogP contribution in [0.15, 0.2) is 63.4 Å². The minimum absolute atomic E-state index is 0.128. The first-order valence-corrected chi connectivity index (χ1v) is 8.22. The van der Waals surface area contributed by atoms with Crippen LogP contribution in [0.3, 0.4) is 0 Å². The quantitative estimate of drug-likeness (QED) is 0.554. The van der Waals surface area contributed by atoms with Crippen LogP contribution in [0, 0.1) is 12.7 Å². The van der Waals surface area contributed by atoms with Crippen molar-refractivity contribution in [3.05, 3.63) is 77.8 Å². The molecule has 7 heteroatoms. The van der Waals surface area contributed by atoms with Gasteiger partial charge in [-0.1, -0.05) is 0 Å². The average Bonchev–Trinajstić information content (AvgIpc) is 3.26. The van der Waals surface area contributed by atoms with Crippen molar-refractivity contribution in [1.29, 1.82) is 0 Å². The molecular formula is C20H15FN2O4. The van der Waals surface area contributed by atoms with E-state index in [1.54, 1.807) is 37.3 Å². The van der Waals surface area contributed by atoms with Crippen LogP contribution in [0.1, 0.15) is 22.2 Å². The van der Waals surface area contributed by atoms with Crippen LogP contribution in [0.4, 0.5) is 10.1 Å². The van der Waals surface area contributed by atoms with Crippen molar-refractivity contribution >= 4 is 22.7 Å². The minimum atomic E-state index is -0.386. The molecule has 0 fully saturated rings.